The third-order valence-electron chi connectivity index (χ3n) is 4.80. The molecule has 0 aromatic rings. The first kappa shape index (κ1) is 22.0. The van der Waals surface area contributed by atoms with E-state index in [2.05, 4.69) is 20.8 Å². The molecule has 0 aliphatic rings. The molecule has 0 aromatic carbocycles. The Morgan fingerprint density at radius 2 is 0.773 bits per heavy atom. The van der Waals surface area contributed by atoms with Gasteiger partial charge in [0, 0.05) is 0 Å². The number of unbranched alkanes of at least 4 members (excludes halogenated alkanes) is 16. The minimum absolute atomic E-state index is 0.649. The third-order valence-corrected chi connectivity index (χ3v) is 4.80. The smallest absolute Gasteiger partial charge is 0.0443 e. The van der Waals surface area contributed by atoms with E-state index in [0.717, 1.165) is 0 Å². The highest BCUT2D eigenvalue weighted by molar-refractivity contribution is 4.55. The molecule has 1 atom stereocenters. The van der Waals surface area contributed by atoms with Gasteiger partial charge in [-0.2, -0.15) is 0 Å². The fourth-order valence-corrected chi connectivity index (χ4v) is 3.22. The summed E-state index contributed by atoms with van der Waals surface area (Å²) in [6, 6.07) is 0. The van der Waals surface area contributed by atoms with Crippen molar-refractivity contribution in [3.63, 3.8) is 0 Å². The van der Waals surface area contributed by atoms with Crippen molar-refractivity contribution < 1.29 is 0 Å². The summed E-state index contributed by atoms with van der Waals surface area (Å²) < 4.78 is 0. The van der Waals surface area contributed by atoms with E-state index >= 15 is 0 Å². The first-order chi connectivity index (χ1) is 10.8. The number of hydrogen-bond donors (Lipinski definition) is 0. The molecule has 1 unspecified atom stereocenters. The molecule has 0 fully saturated rings. The molecule has 0 spiro atoms. The number of hydrogen-bond acceptors (Lipinski definition) is 0. The highest BCUT2D eigenvalue weighted by atomic mass is 14.0. The van der Waals surface area contributed by atoms with Gasteiger partial charge in [-0.3, -0.25) is 0 Å². The van der Waals surface area contributed by atoms with Crippen molar-refractivity contribution in [3.05, 3.63) is 6.92 Å². The van der Waals surface area contributed by atoms with Crippen LogP contribution in [0.4, 0.5) is 0 Å². The fraction of sp³-hybridized carbons (Fsp3) is 0.955. The first-order valence-corrected chi connectivity index (χ1v) is 10.6. The maximum atomic E-state index is 4.05. The average molecular weight is 310 g/mol. The van der Waals surface area contributed by atoms with Crippen LogP contribution in [0.1, 0.15) is 129 Å². The van der Waals surface area contributed by atoms with E-state index < -0.39 is 0 Å². The van der Waals surface area contributed by atoms with Gasteiger partial charge >= 0.3 is 0 Å². The van der Waals surface area contributed by atoms with Crippen molar-refractivity contribution in [2.24, 2.45) is 5.92 Å². The summed E-state index contributed by atoms with van der Waals surface area (Å²) in [7, 11) is 0. The Morgan fingerprint density at radius 3 is 1.05 bits per heavy atom. The highest BCUT2D eigenvalue weighted by Crippen LogP contribution is 2.15. The Labute approximate surface area is 142 Å². The van der Waals surface area contributed by atoms with Gasteiger partial charge < -0.3 is 0 Å². The molecule has 0 saturated carbocycles. The van der Waals surface area contributed by atoms with Gasteiger partial charge in [0.2, 0.25) is 0 Å². The number of rotatable bonds is 18. The average Bonchev–Trinajstić information content (AvgIpc) is 2.50. The van der Waals surface area contributed by atoms with E-state index in [1.807, 2.05) is 0 Å². The van der Waals surface area contributed by atoms with Crippen LogP contribution in [0, 0.1) is 12.8 Å². The Hall–Kier alpha value is 0. The second-order valence-electron chi connectivity index (χ2n) is 7.55. The van der Waals surface area contributed by atoms with Crippen molar-refractivity contribution in [2.45, 2.75) is 129 Å². The van der Waals surface area contributed by atoms with Crippen LogP contribution in [0.15, 0.2) is 0 Å². The summed E-state index contributed by atoms with van der Waals surface area (Å²) in [5.74, 6) is 0.649. The molecule has 0 amide bonds. The van der Waals surface area contributed by atoms with Gasteiger partial charge in [-0.15, -0.1) is 0 Å². The van der Waals surface area contributed by atoms with Gasteiger partial charge in [-0.05, 0) is 5.92 Å². The molecule has 0 N–H and O–H groups in total. The van der Waals surface area contributed by atoms with Crippen LogP contribution in [0.2, 0.25) is 0 Å². The molecule has 1 radical (unpaired) electrons. The first-order valence-electron chi connectivity index (χ1n) is 10.6. The fourth-order valence-electron chi connectivity index (χ4n) is 3.22. The molecular formula is C22H45. The van der Waals surface area contributed by atoms with Crippen LogP contribution in [0.25, 0.3) is 0 Å². The topological polar surface area (TPSA) is 0 Å². The molecule has 0 rings (SSSR count). The molecule has 0 aromatic heterocycles. The van der Waals surface area contributed by atoms with Crippen molar-refractivity contribution >= 4 is 0 Å². The van der Waals surface area contributed by atoms with Crippen LogP contribution < -0.4 is 0 Å². The highest BCUT2D eigenvalue weighted by Gasteiger charge is 1.96. The van der Waals surface area contributed by atoms with E-state index in [4.69, 9.17) is 0 Å². The summed E-state index contributed by atoms with van der Waals surface area (Å²) in [6.07, 6.45) is 26.1. The lowest BCUT2D eigenvalue weighted by Gasteiger charge is -2.05. The predicted octanol–water partition coefficient (Wildman–Crippen LogP) is 8.50. The van der Waals surface area contributed by atoms with Gasteiger partial charge in [-0.25, -0.2) is 0 Å². The zero-order chi connectivity index (χ0) is 16.3. The lowest BCUT2D eigenvalue weighted by atomic mass is 10.0. The standard InChI is InChI=1S/C22H45/c1-4-5-6-7-8-9-10-11-12-13-14-15-16-17-18-19-20-21-22(2)3/h22H,2,4-21H2,1,3H3. The van der Waals surface area contributed by atoms with Gasteiger partial charge in [0.25, 0.3) is 0 Å². The molecule has 0 aliphatic heterocycles. The summed E-state index contributed by atoms with van der Waals surface area (Å²) in [5.41, 5.74) is 0. The van der Waals surface area contributed by atoms with Gasteiger partial charge in [0.1, 0.15) is 0 Å². The lowest BCUT2D eigenvalue weighted by Crippen LogP contribution is -1.87. The summed E-state index contributed by atoms with van der Waals surface area (Å²) in [6.45, 7) is 8.57. The summed E-state index contributed by atoms with van der Waals surface area (Å²) in [5, 5.41) is 0. The quantitative estimate of drug-likeness (QED) is 0.223. The molecule has 0 bridgehead atoms. The van der Waals surface area contributed by atoms with Crippen LogP contribution in [0.3, 0.4) is 0 Å². The minimum atomic E-state index is 0.649. The SMILES string of the molecule is [CH2]C(C)CCCCCCCCCCCCCCCCCCC. The van der Waals surface area contributed by atoms with Gasteiger partial charge in [0.05, 0.1) is 0 Å². The monoisotopic (exact) mass is 309 g/mol. The van der Waals surface area contributed by atoms with Crippen molar-refractivity contribution in [3.8, 4) is 0 Å². The predicted molar refractivity (Wildman–Crippen MR) is 103 cm³/mol. The van der Waals surface area contributed by atoms with Crippen LogP contribution in [-0.2, 0) is 0 Å². The van der Waals surface area contributed by atoms with E-state index in [-0.39, 0.29) is 0 Å². The largest absolute Gasteiger partial charge is 0.0654 e. The Bertz CT molecular complexity index is 182. The molecule has 0 saturated heterocycles. The van der Waals surface area contributed by atoms with Crippen LogP contribution >= 0.6 is 0 Å². The lowest BCUT2D eigenvalue weighted by molar-refractivity contribution is 0.515. The zero-order valence-corrected chi connectivity index (χ0v) is 16.0. The second kappa shape index (κ2) is 19.0. The van der Waals surface area contributed by atoms with E-state index in [9.17, 15) is 0 Å². The van der Waals surface area contributed by atoms with Gasteiger partial charge in [-0.1, -0.05) is 136 Å². The van der Waals surface area contributed by atoms with Crippen LogP contribution in [-0.4, -0.2) is 0 Å². The normalized spacial score (nSPS) is 11.5. The molecule has 0 aliphatic carbocycles. The van der Waals surface area contributed by atoms with Crippen LogP contribution in [0.5, 0.6) is 0 Å². The van der Waals surface area contributed by atoms with E-state index in [1.165, 1.54) is 116 Å². The zero-order valence-electron chi connectivity index (χ0n) is 16.0. The molecular weight excluding hydrogens is 264 g/mol. The Morgan fingerprint density at radius 1 is 0.500 bits per heavy atom. The molecule has 133 valence electrons. The van der Waals surface area contributed by atoms with Crippen molar-refractivity contribution in [1.29, 1.82) is 0 Å². The molecule has 22 heavy (non-hydrogen) atoms. The Balaban J connectivity index is 2.94. The molecule has 0 heteroatoms. The second-order valence-corrected chi connectivity index (χ2v) is 7.55. The molecule has 0 heterocycles. The minimum Gasteiger partial charge on any atom is -0.0654 e. The summed E-state index contributed by atoms with van der Waals surface area (Å²) in [4.78, 5) is 0. The maximum Gasteiger partial charge on any atom is -0.0443 e. The van der Waals surface area contributed by atoms with E-state index in [1.54, 1.807) is 0 Å². The van der Waals surface area contributed by atoms with Crippen molar-refractivity contribution in [2.75, 3.05) is 0 Å². The summed E-state index contributed by atoms with van der Waals surface area (Å²) >= 11 is 0. The van der Waals surface area contributed by atoms with E-state index in [0.29, 0.717) is 5.92 Å². The van der Waals surface area contributed by atoms with Crippen molar-refractivity contribution in [1.82, 2.24) is 0 Å². The molecule has 0 nitrogen and oxygen atoms in total. The van der Waals surface area contributed by atoms with Gasteiger partial charge in [0.15, 0.2) is 0 Å². The maximum absolute atomic E-state index is 4.05. The third kappa shape index (κ3) is 20.0. The Kier molecular flexibility index (Phi) is 19.0.